The molecule has 0 bridgehead atoms. The average Bonchev–Trinajstić information content (AvgIpc) is 2.95. The van der Waals surface area contributed by atoms with E-state index in [2.05, 4.69) is 45.5 Å². The molecule has 0 unspecified atom stereocenters. The molecule has 2 aliphatic heterocycles. The number of imidazole rings is 1. The molecule has 0 aliphatic carbocycles. The van der Waals surface area contributed by atoms with Crippen LogP contribution in [0.5, 0.6) is 0 Å². The zero-order chi connectivity index (χ0) is 13.4. The number of nitrogens with zero attached hydrogens (tertiary/aromatic N) is 2. The summed E-state index contributed by atoms with van der Waals surface area (Å²) in [6.45, 7) is 4.18. The third kappa shape index (κ3) is 2.76. The Kier molecular flexibility index (Phi) is 5.50. The van der Waals surface area contributed by atoms with Gasteiger partial charge in [0.15, 0.2) is 0 Å². The standard InChI is InChI=1S/C16H20N4.2ClH/c1-2-4-13(5-3-1)14-12-18-15-16(6-8-17-9-7-16)19-10-11-20(14)15;;/h1-5,12,17,19H,6-11H2;2*1H. The number of halogens is 2. The third-order valence-corrected chi connectivity index (χ3v) is 4.61. The fraction of sp³-hybridized carbons (Fsp3) is 0.438. The van der Waals surface area contributed by atoms with Gasteiger partial charge in [-0.05, 0) is 31.5 Å². The Morgan fingerprint density at radius 2 is 1.73 bits per heavy atom. The van der Waals surface area contributed by atoms with Crippen LogP contribution in [0, 0.1) is 0 Å². The van der Waals surface area contributed by atoms with Crippen molar-refractivity contribution >= 4 is 24.8 Å². The highest BCUT2D eigenvalue weighted by Crippen LogP contribution is 2.34. The first-order chi connectivity index (χ1) is 9.89. The van der Waals surface area contributed by atoms with Crippen molar-refractivity contribution in [2.45, 2.75) is 24.9 Å². The van der Waals surface area contributed by atoms with E-state index < -0.39 is 0 Å². The zero-order valence-corrected chi connectivity index (χ0v) is 14.1. The van der Waals surface area contributed by atoms with Gasteiger partial charge in [-0.3, -0.25) is 0 Å². The lowest BCUT2D eigenvalue weighted by Crippen LogP contribution is -2.55. The van der Waals surface area contributed by atoms with E-state index in [1.54, 1.807) is 0 Å². The SMILES string of the molecule is Cl.Cl.c1ccc(-c2cnc3n2CCNC32CCNCC2)cc1. The highest BCUT2D eigenvalue weighted by Gasteiger charge is 2.40. The molecule has 2 aliphatic rings. The van der Waals surface area contributed by atoms with E-state index in [1.807, 2.05) is 6.20 Å². The van der Waals surface area contributed by atoms with Crippen LogP contribution in [0.2, 0.25) is 0 Å². The first kappa shape index (κ1) is 17.3. The number of fused-ring (bicyclic) bond motifs is 2. The van der Waals surface area contributed by atoms with Gasteiger partial charge in [-0.1, -0.05) is 30.3 Å². The first-order valence-electron chi connectivity index (χ1n) is 7.46. The molecular formula is C16H22Cl2N4. The molecule has 0 amide bonds. The number of hydrogen-bond donors (Lipinski definition) is 2. The molecule has 1 fully saturated rings. The van der Waals surface area contributed by atoms with E-state index in [-0.39, 0.29) is 30.4 Å². The largest absolute Gasteiger partial charge is 0.325 e. The van der Waals surface area contributed by atoms with Crippen molar-refractivity contribution < 1.29 is 0 Å². The van der Waals surface area contributed by atoms with Gasteiger partial charge in [0, 0.05) is 13.1 Å². The number of benzene rings is 1. The van der Waals surface area contributed by atoms with E-state index in [0.717, 1.165) is 39.0 Å². The van der Waals surface area contributed by atoms with Crippen LogP contribution in [0.1, 0.15) is 18.7 Å². The summed E-state index contributed by atoms with van der Waals surface area (Å²) in [5, 5.41) is 7.18. The Labute approximate surface area is 143 Å². The topological polar surface area (TPSA) is 41.9 Å². The summed E-state index contributed by atoms with van der Waals surface area (Å²) in [7, 11) is 0. The fourth-order valence-corrected chi connectivity index (χ4v) is 3.56. The summed E-state index contributed by atoms with van der Waals surface area (Å²) in [6, 6.07) is 10.6. The monoisotopic (exact) mass is 340 g/mol. The maximum Gasteiger partial charge on any atom is 0.129 e. The maximum atomic E-state index is 4.78. The third-order valence-electron chi connectivity index (χ3n) is 4.61. The summed E-state index contributed by atoms with van der Waals surface area (Å²) in [4.78, 5) is 4.78. The van der Waals surface area contributed by atoms with Crippen molar-refractivity contribution in [2.75, 3.05) is 19.6 Å². The summed E-state index contributed by atoms with van der Waals surface area (Å²) >= 11 is 0. The minimum absolute atomic E-state index is 0. The molecule has 4 rings (SSSR count). The maximum absolute atomic E-state index is 4.78. The number of aromatic nitrogens is 2. The minimum atomic E-state index is 0. The van der Waals surface area contributed by atoms with Crippen molar-refractivity contribution in [1.29, 1.82) is 0 Å². The molecule has 1 spiro atoms. The van der Waals surface area contributed by atoms with Gasteiger partial charge >= 0.3 is 0 Å². The van der Waals surface area contributed by atoms with Crippen LogP contribution in [-0.4, -0.2) is 29.2 Å². The second-order valence-corrected chi connectivity index (χ2v) is 5.74. The van der Waals surface area contributed by atoms with E-state index in [4.69, 9.17) is 4.98 Å². The lowest BCUT2D eigenvalue weighted by Gasteiger charge is -2.41. The van der Waals surface area contributed by atoms with Crippen LogP contribution in [-0.2, 0) is 12.1 Å². The Morgan fingerprint density at radius 3 is 2.45 bits per heavy atom. The van der Waals surface area contributed by atoms with Gasteiger partial charge in [-0.15, -0.1) is 24.8 Å². The van der Waals surface area contributed by atoms with Crippen molar-refractivity contribution in [3.05, 3.63) is 42.4 Å². The predicted molar refractivity (Wildman–Crippen MR) is 93.9 cm³/mol. The average molecular weight is 341 g/mol. The van der Waals surface area contributed by atoms with Gasteiger partial charge in [0.05, 0.1) is 17.4 Å². The van der Waals surface area contributed by atoms with Gasteiger partial charge in [-0.25, -0.2) is 4.98 Å². The van der Waals surface area contributed by atoms with Crippen LogP contribution in [0.15, 0.2) is 36.5 Å². The normalized spacial score (nSPS) is 18.9. The summed E-state index contributed by atoms with van der Waals surface area (Å²) in [5.74, 6) is 1.23. The molecule has 3 heterocycles. The Bertz CT molecular complexity index is 606. The molecule has 0 radical (unpaired) electrons. The molecule has 120 valence electrons. The first-order valence-corrected chi connectivity index (χ1v) is 7.46. The quantitative estimate of drug-likeness (QED) is 0.838. The lowest BCUT2D eigenvalue weighted by molar-refractivity contribution is 0.200. The molecule has 4 nitrogen and oxygen atoms in total. The van der Waals surface area contributed by atoms with Crippen molar-refractivity contribution in [1.82, 2.24) is 20.2 Å². The van der Waals surface area contributed by atoms with E-state index in [1.165, 1.54) is 17.1 Å². The highest BCUT2D eigenvalue weighted by molar-refractivity contribution is 5.85. The Balaban J connectivity index is 0.000000882. The van der Waals surface area contributed by atoms with Gasteiger partial charge in [0.2, 0.25) is 0 Å². The number of nitrogens with one attached hydrogen (secondary N) is 2. The summed E-state index contributed by atoms with van der Waals surface area (Å²) in [5.41, 5.74) is 2.59. The van der Waals surface area contributed by atoms with Crippen LogP contribution in [0.3, 0.4) is 0 Å². The molecule has 0 atom stereocenters. The van der Waals surface area contributed by atoms with Crippen LogP contribution in [0.4, 0.5) is 0 Å². The number of piperidine rings is 1. The highest BCUT2D eigenvalue weighted by atomic mass is 35.5. The van der Waals surface area contributed by atoms with Crippen LogP contribution >= 0.6 is 24.8 Å². The number of hydrogen-bond acceptors (Lipinski definition) is 3. The fourth-order valence-electron chi connectivity index (χ4n) is 3.56. The zero-order valence-electron chi connectivity index (χ0n) is 12.4. The molecule has 1 aromatic heterocycles. The van der Waals surface area contributed by atoms with Crippen molar-refractivity contribution in [2.24, 2.45) is 0 Å². The molecule has 0 saturated carbocycles. The minimum Gasteiger partial charge on any atom is -0.325 e. The molecule has 2 N–H and O–H groups in total. The summed E-state index contributed by atoms with van der Waals surface area (Å²) in [6.07, 6.45) is 4.29. The van der Waals surface area contributed by atoms with Gasteiger partial charge < -0.3 is 15.2 Å². The lowest BCUT2D eigenvalue weighted by atomic mass is 9.86. The Morgan fingerprint density at radius 1 is 1.00 bits per heavy atom. The second kappa shape index (κ2) is 7.01. The number of rotatable bonds is 1. The summed E-state index contributed by atoms with van der Waals surface area (Å²) < 4.78 is 2.41. The van der Waals surface area contributed by atoms with Gasteiger partial charge in [-0.2, -0.15) is 0 Å². The van der Waals surface area contributed by atoms with Gasteiger partial charge in [0.1, 0.15) is 5.82 Å². The van der Waals surface area contributed by atoms with E-state index >= 15 is 0 Å². The van der Waals surface area contributed by atoms with Crippen molar-refractivity contribution in [3.63, 3.8) is 0 Å². The smallest absolute Gasteiger partial charge is 0.129 e. The van der Waals surface area contributed by atoms with E-state index in [0.29, 0.717) is 0 Å². The predicted octanol–water partition coefficient (Wildman–Crippen LogP) is 2.58. The van der Waals surface area contributed by atoms with Crippen LogP contribution in [0.25, 0.3) is 11.3 Å². The Hall–Kier alpha value is -1.07. The molecular weight excluding hydrogens is 319 g/mol. The van der Waals surface area contributed by atoms with Crippen LogP contribution < -0.4 is 10.6 Å². The molecule has 2 aromatic rings. The molecule has 1 aromatic carbocycles. The van der Waals surface area contributed by atoms with E-state index in [9.17, 15) is 0 Å². The second-order valence-electron chi connectivity index (χ2n) is 5.74. The molecule has 6 heteroatoms. The van der Waals surface area contributed by atoms with Crippen molar-refractivity contribution in [3.8, 4) is 11.3 Å². The molecule has 1 saturated heterocycles. The van der Waals surface area contributed by atoms with Gasteiger partial charge in [0.25, 0.3) is 0 Å². The molecule has 22 heavy (non-hydrogen) atoms.